The predicted molar refractivity (Wildman–Crippen MR) is 86.9 cm³/mol. The van der Waals surface area contributed by atoms with E-state index in [4.69, 9.17) is 0 Å². The Hall–Kier alpha value is -0.740. The maximum Gasteiger partial charge on any atom is 0.157 e. The quantitative estimate of drug-likeness (QED) is 0.755. The van der Waals surface area contributed by atoms with Crippen LogP contribution in [0.5, 0.6) is 0 Å². The van der Waals surface area contributed by atoms with E-state index >= 15 is 0 Å². The van der Waals surface area contributed by atoms with E-state index in [-0.39, 0.29) is 17.1 Å². The van der Waals surface area contributed by atoms with E-state index in [1.54, 1.807) is 12.1 Å². The fraction of sp³-hybridized carbons (Fsp3) is 0.588. The minimum absolute atomic E-state index is 0.280. The van der Waals surface area contributed by atoms with Gasteiger partial charge in [0.1, 0.15) is 5.82 Å². The maximum atomic E-state index is 13.3. The summed E-state index contributed by atoms with van der Waals surface area (Å²) in [4.78, 5) is 15.2. The standard InChI is InChI=1S/C17H23BrFNO/c1-3-20(4-2)17(9-5-6-10-17)16(21)12-13-7-8-15(19)14(18)11-13/h7-8,11H,3-6,9-10,12H2,1-2H3. The Morgan fingerprint density at radius 2 is 1.90 bits per heavy atom. The average molecular weight is 356 g/mol. The van der Waals surface area contributed by atoms with E-state index in [1.807, 2.05) is 0 Å². The van der Waals surface area contributed by atoms with Crippen LogP contribution in [0.25, 0.3) is 0 Å². The van der Waals surface area contributed by atoms with Crippen LogP contribution in [0.15, 0.2) is 22.7 Å². The van der Waals surface area contributed by atoms with Crippen LogP contribution in [-0.2, 0) is 11.2 Å². The molecule has 2 rings (SSSR count). The van der Waals surface area contributed by atoms with Crippen molar-refractivity contribution in [3.05, 3.63) is 34.1 Å². The molecule has 0 N–H and O–H groups in total. The zero-order chi connectivity index (χ0) is 15.5. The van der Waals surface area contributed by atoms with Crippen LogP contribution in [0.4, 0.5) is 4.39 Å². The lowest BCUT2D eigenvalue weighted by atomic mass is 9.86. The predicted octanol–water partition coefficient (Wildman–Crippen LogP) is 4.35. The average Bonchev–Trinajstić information content (AvgIpc) is 2.95. The van der Waals surface area contributed by atoms with Gasteiger partial charge in [0, 0.05) is 6.42 Å². The molecule has 0 unspecified atom stereocenters. The summed E-state index contributed by atoms with van der Waals surface area (Å²) in [6.45, 7) is 6.03. The lowest BCUT2D eigenvalue weighted by Gasteiger charge is -2.39. The number of Topliss-reactive ketones (excluding diaryl/α,β-unsaturated/α-hetero) is 1. The first-order chi connectivity index (χ1) is 10.0. The van der Waals surface area contributed by atoms with E-state index in [2.05, 4.69) is 34.7 Å². The minimum Gasteiger partial charge on any atom is -0.297 e. The number of likely N-dealkylation sites (N-methyl/N-ethyl adjacent to an activating group) is 1. The SMILES string of the molecule is CCN(CC)C1(C(=O)Cc2ccc(F)c(Br)c2)CCCC1. The Kier molecular flexibility index (Phi) is 5.55. The molecule has 1 aromatic carbocycles. The molecule has 1 aliphatic rings. The number of rotatable bonds is 6. The molecule has 0 saturated heterocycles. The van der Waals surface area contributed by atoms with Crippen LogP contribution in [0.2, 0.25) is 0 Å². The molecule has 0 amide bonds. The van der Waals surface area contributed by atoms with Crippen LogP contribution in [0.1, 0.15) is 45.1 Å². The van der Waals surface area contributed by atoms with Gasteiger partial charge in [-0.05, 0) is 59.6 Å². The van der Waals surface area contributed by atoms with E-state index in [1.165, 1.54) is 6.07 Å². The number of ketones is 1. The molecule has 0 bridgehead atoms. The monoisotopic (exact) mass is 355 g/mol. The number of benzene rings is 1. The Labute approximate surface area is 134 Å². The van der Waals surface area contributed by atoms with Crippen molar-refractivity contribution < 1.29 is 9.18 Å². The molecule has 0 aromatic heterocycles. The van der Waals surface area contributed by atoms with Crippen molar-refractivity contribution >= 4 is 21.7 Å². The lowest BCUT2D eigenvalue weighted by molar-refractivity contribution is -0.130. The van der Waals surface area contributed by atoms with E-state index < -0.39 is 0 Å². The summed E-state index contributed by atoms with van der Waals surface area (Å²) >= 11 is 3.19. The highest BCUT2D eigenvalue weighted by atomic mass is 79.9. The third-order valence-electron chi connectivity index (χ3n) is 4.67. The molecule has 1 fully saturated rings. The molecule has 2 nitrogen and oxygen atoms in total. The van der Waals surface area contributed by atoms with Crippen LogP contribution >= 0.6 is 15.9 Å². The van der Waals surface area contributed by atoms with Gasteiger partial charge in [-0.3, -0.25) is 9.69 Å². The van der Waals surface area contributed by atoms with Crippen molar-refractivity contribution in [3.63, 3.8) is 0 Å². The Balaban J connectivity index is 2.21. The first kappa shape index (κ1) is 16.6. The molecular weight excluding hydrogens is 333 g/mol. The second-order valence-corrected chi connectivity index (χ2v) is 6.61. The van der Waals surface area contributed by atoms with Gasteiger partial charge in [-0.15, -0.1) is 0 Å². The highest BCUT2D eigenvalue weighted by molar-refractivity contribution is 9.10. The van der Waals surface area contributed by atoms with Gasteiger partial charge in [0.2, 0.25) is 0 Å². The van der Waals surface area contributed by atoms with E-state index in [9.17, 15) is 9.18 Å². The zero-order valence-corrected chi connectivity index (χ0v) is 14.4. The molecule has 0 heterocycles. The van der Waals surface area contributed by atoms with Gasteiger partial charge in [0.25, 0.3) is 0 Å². The van der Waals surface area contributed by atoms with Crippen molar-refractivity contribution in [1.82, 2.24) is 4.90 Å². The van der Waals surface area contributed by atoms with E-state index in [0.29, 0.717) is 10.9 Å². The normalized spacial score (nSPS) is 17.4. The third kappa shape index (κ3) is 3.37. The number of hydrogen-bond acceptors (Lipinski definition) is 2. The summed E-state index contributed by atoms with van der Waals surface area (Å²) in [5.41, 5.74) is 0.580. The van der Waals surface area contributed by atoms with Crippen LogP contribution in [0.3, 0.4) is 0 Å². The zero-order valence-electron chi connectivity index (χ0n) is 12.8. The van der Waals surface area contributed by atoms with Gasteiger partial charge >= 0.3 is 0 Å². The molecule has 0 radical (unpaired) electrons. The number of halogens is 2. The van der Waals surface area contributed by atoms with Gasteiger partial charge in [0.15, 0.2) is 5.78 Å². The number of carbonyl (C=O) groups is 1. The van der Waals surface area contributed by atoms with Crippen molar-refractivity contribution in [1.29, 1.82) is 0 Å². The van der Waals surface area contributed by atoms with Crippen molar-refractivity contribution in [2.24, 2.45) is 0 Å². The first-order valence-electron chi connectivity index (χ1n) is 7.75. The molecule has 0 spiro atoms. The Morgan fingerprint density at radius 3 is 2.43 bits per heavy atom. The molecule has 4 heteroatoms. The van der Waals surface area contributed by atoms with E-state index in [0.717, 1.165) is 44.3 Å². The summed E-state index contributed by atoms with van der Waals surface area (Å²) in [6, 6.07) is 4.85. The van der Waals surface area contributed by atoms with Crippen molar-refractivity contribution in [2.75, 3.05) is 13.1 Å². The van der Waals surface area contributed by atoms with Gasteiger partial charge in [-0.2, -0.15) is 0 Å². The fourth-order valence-corrected chi connectivity index (χ4v) is 3.99. The first-order valence-corrected chi connectivity index (χ1v) is 8.55. The van der Waals surface area contributed by atoms with Crippen LogP contribution < -0.4 is 0 Å². The highest BCUT2D eigenvalue weighted by Crippen LogP contribution is 2.37. The van der Waals surface area contributed by atoms with Gasteiger partial charge < -0.3 is 0 Å². The number of carbonyl (C=O) groups excluding carboxylic acids is 1. The Bertz CT molecular complexity index is 508. The summed E-state index contributed by atoms with van der Waals surface area (Å²) in [7, 11) is 0. The van der Waals surface area contributed by atoms with Crippen molar-refractivity contribution in [2.45, 2.75) is 51.5 Å². The van der Waals surface area contributed by atoms with Gasteiger partial charge in [-0.25, -0.2) is 4.39 Å². The van der Waals surface area contributed by atoms with Gasteiger partial charge in [0.05, 0.1) is 10.0 Å². The topological polar surface area (TPSA) is 20.3 Å². The largest absolute Gasteiger partial charge is 0.297 e. The summed E-state index contributed by atoms with van der Waals surface area (Å²) < 4.78 is 13.7. The molecule has 1 aromatic rings. The lowest BCUT2D eigenvalue weighted by Crippen LogP contribution is -2.53. The molecule has 0 aliphatic heterocycles. The molecular formula is C17H23BrFNO. The second kappa shape index (κ2) is 7.01. The second-order valence-electron chi connectivity index (χ2n) is 5.76. The molecule has 21 heavy (non-hydrogen) atoms. The summed E-state index contributed by atoms with van der Waals surface area (Å²) in [5, 5.41) is 0. The van der Waals surface area contributed by atoms with Gasteiger partial charge in [-0.1, -0.05) is 32.8 Å². The molecule has 1 aliphatic carbocycles. The molecule has 1 saturated carbocycles. The fourth-order valence-electron chi connectivity index (χ4n) is 3.56. The third-order valence-corrected chi connectivity index (χ3v) is 5.27. The van der Waals surface area contributed by atoms with Crippen LogP contribution in [0, 0.1) is 5.82 Å². The highest BCUT2D eigenvalue weighted by Gasteiger charge is 2.44. The molecule has 0 atom stereocenters. The maximum absolute atomic E-state index is 13.3. The summed E-state index contributed by atoms with van der Waals surface area (Å²) in [5.74, 6) is -0.00673. The number of hydrogen-bond donors (Lipinski definition) is 0. The number of nitrogens with zero attached hydrogens (tertiary/aromatic N) is 1. The Morgan fingerprint density at radius 1 is 1.29 bits per heavy atom. The molecule has 116 valence electrons. The minimum atomic E-state index is -0.301. The van der Waals surface area contributed by atoms with Crippen LogP contribution in [-0.4, -0.2) is 29.3 Å². The summed E-state index contributed by atoms with van der Waals surface area (Å²) in [6.07, 6.45) is 4.53. The van der Waals surface area contributed by atoms with Crippen molar-refractivity contribution in [3.8, 4) is 0 Å². The smallest absolute Gasteiger partial charge is 0.157 e.